The van der Waals surface area contributed by atoms with Crippen molar-refractivity contribution in [1.82, 2.24) is 4.90 Å². The highest BCUT2D eigenvalue weighted by Gasteiger charge is 2.40. The lowest BCUT2D eigenvalue weighted by Crippen LogP contribution is -2.46. The first-order valence-electron chi connectivity index (χ1n) is 7.68. The second kappa shape index (κ2) is 5.78. The molecule has 106 valence electrons. The van der Waals surface area contributed by atoms with Crippen LogP contribution in [-0.2, 0) is 4.79 Å². The van der Waals surface area contributed by atoms with Crippen molar-refractivity contribution in [2.75, 3.05) is 0 Å². The van der Waals surface area contributed by atoms with Gasteiger partial charge in [-0.05, 0) is 19.3 Å². The molecule has 2 fully saturated rings. The lowest BCUT2D eigenvalue weighted by Gasteiger charge is -2.35. The zero-order valence-electron chi connectivity index (χ0n) is 11.8. The van der Waals surface area contributed by atoms with E-state index in [9.17, 15) is 9.59 Å². The van der Waals surface area contributed by atoms with Gasteiger partial charge in [0.05, 0.1) is 6.04 Å². The Kier molecular flexibility index (Phi) is 3.86. The molecule has 1 aliphatic heterocycles. The van der Waals surface area contributed by atoms with Gasteiger partial charge in [0.2, 0.25) is 5.91 Å². The summed E-state index contributed by atoms with van der Waals surface area (Å²) < 4.78 is 0. The maximum absolute atomic E-state index is 12.7. The van der Waals surface area contributed by atoms with Gasteiger partial charge in [-0.1, -0.05) is 49.6 Å². The average molecular weight is 271 g/mol. The zero-order chi connectivity index (χ0) is 13.9. The van der Waals surface area contributed by atoms with E-state index in [1.165, 1.54) is 19.3 Å². The summed E-state index contributed by atoms with van der Waals surface area (Å²) in [6.07, 6.45) is 6.95. The van der Waals surface area contributed by atoms with Gasteiger partial charge >= 0.3 is 0 Å². The first-order chi connectivity index (χ1) is 9.77. The summed E-state index contributed by atoms with van der Waals surface area (Å²) >= 11 is 0. The Hall–Kier alpha value is -1.64. The number of hydrogen-bond donors (Lipinski definition) is 0. The second-order valence-electron chi connectivity index (χ2n) is 5.88. The van der Waals surface area contributed by atoms with Crippen molar-refractivity contribution in [1.29, 1.82) is 0 Å². The van der Waals surface area contributed by atoms with E-state index in [2.05, 4.69) is 0 Å². The fourth-order valence-electron chi connectivity index (χ4n) is 3.57. The monoisotopic (exact) mass is 271 g/mol. The molecule has 1 atom stereocenters. The molecule has 0 spiro atoms. The molecule has 1 unspecified atom stereocenters. The minimum absolute atomic E-state index is 0.113. The van der Waals surface area contributed by atoms with E-state index in [0.717, 1.165) is 18.4 Å². The van der Waals surface area contributed by atoms with Gasteiger partial charge in [-0.15, -0.1) is 0 Å². The van der Waals surface area contributed by atoms with Crippen LogP contribution < -0.4 is 0 Å². The normalized spacial score (nSPS) is 24.1. The minimum Gasteiger partial charge on any atom is -0.329 e. The summed E-state index contributed by atoms with van der Waals surface area (Å²) in [6, 6.07) is 9.44. The summed E-state index contributed by atoms with van der Waals surface area (Å²) in [4.78, 5) is 26.8. The van der Waals surface area contributed by atoms with Gasteiger partial charge in [0, 0.05) is 18.0 Å². The van der Waals surface area contributed by atoms with Gasteiger partial charge in [0.15, 0.2) is 5.78 Å². The molecule has 3 heteroatoms. The number of ketones is 1. The van der Waals surface area contributed by atoms with E-state index >= 15 is 0 Å². The van der Waals surface area contributed by atoms with Crippen LogP contribution in [0.4, 0.5) is 0 Å². The molecule has 1 saturated carbocycles. The Balaban J connectivity index is 1.80. The Labute approximate surface area is 120 Å². The molecule has 1 amide bonds. The number of nitrogens with zero attached hydrogens (tertiary/aromatic N) is 1. The van der Waals surface area contributed by atoms with Crippen molar-refractivity contribution < 1.29 is 9.59 Å². The smallest absolute Gasteiger partial charge is 0.223 e. The maximum Gasteiger partial charge on any atom is 0.223 e. The van der Waals surface area contributed by atoms with Crippen molar-refractivity contribution in [3.8, 4) is 0 Å². The number of carbonyl (C=O) groups is 2. The molecule has 0 bridgehead atoms. The van der Waals surface area contributed by atoms with Crippen LogP contribution in [-0.4, -0.2) is 28.7 Å². The van der Waals surface area contributed by atoms with Gasteiger partial charge in [-0.2, -0.15) is 0 Å². The number of Topliss-reactive ketones (excluding diaryl/α,β-unsaturated/α-hetero) is 1. The predicted molar refractivity (Wildman–Crippen MR) is 77.5 cm³/mol. The van der Waals surface area contributed by atoms with E-state index in [0.29, 0.717) is 12.8 Å². The maximum atomic E-state index is 12.7. The second-order valence-corrected chi connectivity index (χ2v) is 5.88. The number of likely N-dealkylation sites (tertiary alicyclic amines) is 1. The number of rotatable bonds is 3. The van der Waals surface area contributed by atoms with Crippen molar-refractivity contribution in [2.45, 2.75) is 57.0 Å². The Morgan fingerprint density at radius 1 is 1.00 bits per heavy atom. The Morgan fingerprint density at radius 2 is 1.70 bits per heavy atom. The predicted octanol–water partition coefficient (Wildman–Crippen LogP) is 3.19. The molecule has 1 aromatic carbocycles. The minimum atomic E-state index is -0.229. The topological polar surface area (TPSA) is 37.4 Å². The molecule has 20 heavy (non-hydrogen) atoms. The van der Waals surface area contributed by atoms with Gasteiger partial charge < -0.3 is 4.90 Å². The molecular weight excluding hydrogens is 250 g/mol. The standard InChI is InChI=1S/C17H21NO2/c19-16-12-11-15(17(20)13-7-3-1-4-8-13)18(16)14-9-5-2-6-10-14/h1,3-4,7-8,14-15H,2,5-6,9-12H2. The van der Waals surface area contributed by atoms with E-state index < -0.39 is 0 Å². The van der Waals surface area contributed by atoms with Crippen LogP contribution >= 0.6 is 0 Å². The lowest BCUT2D eigenvalue weighted by molar-refractivity contribution is -0.131. The van der Waals surface area contributed by atoms with E-state index in [4.69, 9.17) is 0 Å². The quantitative estimate of drug-likeness (QED) is 0.792. The number of amides is 1. The van der Waals surface area contributed by atoms with Crippen LogP contribution in [0.2, 0.25) is 0 Å². The number of carbonyl (C=O) groups excluding carboxylic acids is 2. The summed E-state index contributed by atoms with van der Waals surface area (Å²) in [5.41, 5.74) is 0.730. The Morgan fingerprint density at radius 3 is 2.40 bits per heavy atom. The largest absolute Gasteiger partial charge is 0.329 e. The van der Waals surface area contributed by atoms with Crippen molar-refractivity contribution in [3.63, 3.8) is 0 Å². The molecule has 0 N–H and O–H groups in total. The molecule has 1 saturated heterocycles. The van der Waals surface area contributed by atoms with E-state index in [1.807, 2.05) is 35.2 Å². The van der Waals surface area contributed by atoms with Crippen LogP contribution in [0.1, 0.15) is 55.3 Å². The van der Waals surface area contributed by atoms with Crippen molar-refractivity contribution in [2.24, 2.45) is 0 Å². The Bertz CT molecular complexity index is 491. The van der Waals surface area contributed by atoms with Gasteiger partial charge in [0.1, 0.15) is 0 Å². The molecule has 3 nitrogen and oxygen atoms in total. The van der Waals surface area contributed by atoms with Crippen molar-refractivity contribution >= 4 is 11.7 Å². The van der Waals surface area contributed by atoms with Crippen LogP contribution in [0.25, 0.3) is 0 Å². The van der Waals surface area contributed by atoms with Crippen LogP contribution in [0.15, 0.2) is 30.3 Å². The van der Waals surface area contributed by atoms with Gasteiger partial charge in [-0.3, -0.25) is 9.59 Å². The van der Waals surface area contributed by atoms with Gasteiger partial charge in [0.25, 0.3) is 0 Å². The SMILES string of the molecule is O=C(c1ccccc1)C1CCC(=O)N1C1CCCCC1. The molecule has 1 heterocycles. The van der Waals surface area contributed by atoms with E-state index in [-0.39, 0.29) is 23.8 Å². The lowest BCUT2D eigenvalue weighted by atomic mass is 9.92. The molecule has 0 radical (unpaired) electrons. The van der Waals surface area contributed by atoms with Crippen LogP contribution in [0.5, 0.6) is 0 Å². The van der Waals surface area contributed by atoms with Crippen molar-refractivity contribution in [3.05, 3.63) is 35.9 Å². The molecule has 1 aromatic rings. The molecule has 1 aliphatic carbocycles. The number of benzene rings is 1. The zero-order valence-corrected chi connectivity index (χ0v) is 11.8. The summed E-state index contributed by atoms with van der Waals surface area (Å²) in [6.45, 7) is 0. The summed E-state index contributed by atoms with van der Waals surface area (Å²) in [7, 11) is 0. The molecule has 2 aliphatic rings. The molecule has 0 aromatic heterocycles. The molecule has 3 rings (SSSR count). The third-order valence-electron chi connectivity index (χ3n) is 4.58. The highest BCUT2D eigenvalue weighted by Crippen LogP contribution is 2.31. The summed E-state index contributed by atoms with van der Waals surface area (Å²) in [5.74, 6) is 0.285. The van der Waals surface area contributed by atoms with Gasteiger partial charge in [-0.25, -0.2) is 0 Å². The fraction of sp³-hybridized carbons (Fsp3) is 0.529. The fourth-order valence-corrected chi connectivity index (χ4v) is 3.57. The number of hydrogen-bond acceptors (Lipinski definition) is 2. The first kappa shape index (κ1) is 13.3. The third kappa shape index (κ3) is 2.49. The highest BCUT2D eigenvalue weighted by molar-refractivity contribution is 6.03. The average Bonchev–Trinajstić information content (AvgIpc) is 2.90. The first-order valence-corrected chi connectivity index (χ1v) is 7.68. The van der Waals surface area contributed by atoms with Crippen LogP contribution in [0, 0.1) is 0 Å². The van der Waals surface area contributed by atoms with E-state index in [1.54, 1.807) is 0 Å². The summed E-state index contributed by atoms with van der Waals surface area (Å²) in [5, 5.41) is 0. The highest BCUT2D eigenvalue weighted by atomic mass is 16.2. The molecular formula is C17H21NO2. The van der Waals surface area contributed by atoms with Crippen LogP contribution in [0.3, 0.4) is 0 Å². The third-order valence-corrected chi connectivity index (χ3v) is 4.58.